The summed E-state index contributed by atoms with van der Waals surface area (Å²) in [5, 5.41) is 3.15. The Balaban J connectivity index is 1.22. The first-order valence-electron chi connectivity index (χ1n) is 12.5. The first-order chi connectivity index (χ1) is 16.4. The molecular weight excluding hydrogens is 461 g/mol. The Bertz CT molecular complexity index is 998. The molecule has 2 aliphatic carbocycles. The van der Waals surface area contributed by atoms with Crippen molar-refractivity contribution in [2.45, 2.75) is 69.5 Å². The van der Waals surface area contributed by atoms with Crippen molar-refractivity contribution in [3.05, 3.63) is 29.1 Å². The van der Waals surface area contributed by atoms with E-state index >= 15 is 0 Å². The summed E-state index contributed by atoms with van der Waals surface area (Å²) in [5.41, 5.74) is 0.541. The molecule has 0 spiro atoms. The topological polar surface area (TPSA) is 97.0 Å². The molecule has 5 rings (SSSR count). The lowest BCUT2D eigenvalue weighted by Gasteiger charge is -2.36. The number of ether oxygens (including phenoxy) is 2. The maximum Gasteiger partial charge on any atom is 0.304 e. The summed E-state index contributed by atoms with van der Waals surface area (Å²) < 4.78 is 55.8. The van der Waals surface area contributed by atoms with E-state index in [1.165, 1.54) is 29.3 Å². The number of halogens is 1. The van der Waals surface area contributed by atoms with Crippen molar-refractivity contribution in [1.82, 2.24) is 14.3 Å². The SMILES string of the molecule is O=C(NS(=O)(=O)N1CCC(OC2CNC2)CC1)c1cc(C2CC2)c(OCC2CCCC2)cc1F. The summed E-state index contributed by atoms with van der Waals surface area (Å²) in [7, 11) is -4.07. The van der Waals surface area contributed by atoms with Gasteiger partial charge in [-0.2, -0.15) is 12.7 Å². The fourth-order valence-corrected chi connectivity index (χ4v) is 6.21. The molecule has 2 heterocycles. The van der Waals surface area contributed by atoms with Gasteiger partial charge in [-0.15, -0.1) is 0 Å². The van der Waals surface area contributed by atoms with Gasteiger partial charge < -0.3 is 14.8 Å². The Morgan fingerprint density at radius 1 is 1.06 bits per heavy atom. The van der Waals surface area contributed by atoms with E-state index in [0.717, 1.165) is 44.3 Å². The molecule has 0 atom stereocenters. The highest BCUT2D eigenvalue weighted by Gasteiger charge is 2.34. The molecule has 34 heavy (non-hydrogen) atoms. The Labute approximate surface area is 200 Å². The minimum atomic E-state index is -4.07. The van der Waals surface area contributed by atoms with Gasteiger partial charge in [-0.05, 0) is 62.0 Å². The smallest absolute Gasteiger partial charge is 0.304 e. The summed E-state index contributed by atoms with van der Waals surface area (Å²) >= 11 is 0. The van der Waals surface area contributed by atoms with E-state index in [4.69, 9.17) is 9.47 Å². The van der Waals surface area contributed by atoms with Crippen LogP contribution in [0.25, 0.3) is 0 Å². The average molecular weight is 496 g/mol. The molecule has 2 saturated heterocycles. The molecule has 0 unspecified atom stereocenters. The number of nitrogens with one attached hydrogen (secondary N) is 2. The van der Waals surface area contributed by atoms with E-state index in [1.54, 1.807) is 0 Å². The van der Waals surface area contributed by atoms with Crippen LogP contribution in [0.3, 0.4) is 0 Å². The van der Waals surface area contributed by atoms with Crippen LogP contribution in [0.5, 0.6) is 5.75 Å². The number of benzene rings is 1. The van der Waals surface area contributed by atoms with Crippen LogP contribution < -0.4 is 14.8 Å². The van der Waals surface area contributed by atoms with Crippen LogP contribution in [0.4, 0.5) is 4.39 Å². The zero-order chi connectivity index (χ0) is 23.7. The molecule has 1 amide bonds. The van der Waals surface area contributed by atoms with Crippen molar-refractivity contribution in [3.8, 4) is 5.75 Å². The molecule has 0 radical (unpaired) electrons. The summed E-state index contributed by atoms with van der Waals surface area (Å²) in [6, 6.07) is 2.73. The van der Waals surface area contributed by atoms with Gasteiger partial charge in [0.1, 0.15) is 11.6 Å². The van der Waals surface area contributed by atoms with Gasteiger partial charge in [0.25, 0.3) is 5.91 Å². The highest BCUT2D eigenvalue weighted by Crippen LogP contribution is 2.45. The summed E-state index contributed by atoms with van der Waals surface area (Å²) in [5.74, 6) is -0.508. The molecule has 0 aromatic heterocycles. The molecule has 188 valence electrons. The van der Waals surface area contributed by atoms with Crippen molar-refractivity contribution < 1.29 is 27.1 Å². The zero-order valence-electron chi connectivity index (χ0n) is 19.4. The standard InChI is InChI=1S/C24H34FN3O5S/c25-22-12-23(32-15-16-3-1-2-4-16)20(17-5-6-17)11-21(22)24(29)27-34(30,31)28-9-7-18(8-10-28)33-19-13-26-14-19/h11-12,16-19,26H,1-10,13-15H2,(H,27,29). The lowest BCUT2D eigenvalue weighted by molar-refractivity contribution is -0.0552. The zero-order valence-corrected chi connectivity index (χ0v) is 20.2. The number of rotatable bonds is 9. The lowest BCUT2D eigenvalue weighted by atomic mass is 10.0. The van der Waals surface area contributed by atoms with Gasteiger partial charge in [0.2, 0.25) is 0 Å². The summed E-state index contributed by atoms with van der Waals surface area (Å²) in [6.07, 6.45) is 7.92. The normalized spacial score (nSPS) is 23.1. The third kappa shape index (κ3) is 5.56. The molecule has 1 aromatic carbocycles. The van der Waals surface area contributed by atoms with Gasteiger partial charge >= 0.3 is 10.2 Å². The second-order valence-corrected chi connectivity index (χ2v) is 11.7. The molecule has 2 saturated carbocycles. The second-order valence-electron chi connectivity index (χ2n) is 10.1. The van der Waals surface area contributed by atoms with Crippen molar-refractivity contribution >= 4 is 16.1 Å². The first kappa shape index (κ1) is 24.0. The highest BCUT2D eigenvalue weighted by molar-refractivity contribution is 7.87. The molecule has 4 aliphatic rings. The van der Waals surface area contributed by atoms with Crippen LogP contribution in [0.1, 0.15) is 73.2 Å². The van der Waals surface area contributed by atoms with Crippen molar-refractivity contribution in [2.24, 2.45) is 5.92 Å². The predicted molar refractivity (Wildman–Crippen MR) is 125 cm³/mol. The Hall–Kier alpha value is -1.75. The minimum absolute atomic E-state index is 0.0181. The molecule has 1 aromatic rings. The van der Waals surface area contributed by atoms with E-state index in [0.29, 0.717) is 31.1 Å². The van der Waals surface area contributed by atoms with Crippen LogP contribution in [0, 0.1) is 11.7 Å². The molecule has 4 fully saturated rings. The Morgan fingerprint density at radius 3 is 2.38 bits per heavy atom. The summed E-state index contributed by atoms with van der Waals surface area (Å²) in [4.78, 5) is 12.8. The largest absolute Gasteiger partial charge is 0.493 e. The highest BCUT2D eigenvalue weighted by atomic mass is 32.2. The number of hydrogen-bond acceptors (Lipinski definition) is 6. The fraction of sp³-hybridized carbons (Fsp3) is 0.708. The third-order valence-corrected chi connectivity index (χ3v) is 8.89. The fourth-order valence-electron chi connectivity index (χ4n) is 5.04. The minimum Gasteiger partial charge on any atom is -0.493 e. The first-order valence-corrected chi connectivity index (χ1v) is 14.0. The van der Waals surface area contributed by atoms with Crippen LogP contribution >= 0.6 is 0 Å². The predicted octanol–water partition coefficient (Wildman–Crippen LogP) is 2.70. The molecule has 2 N–H and O–H groups in total. The quantitative estimate of drug-likeness (QED) is 0.547. The van der Waals surface area contributed by atoms with Gasteiger partial charge in [-0.3, -0.25) is 4.79 Å². The molecule has 10 heteroatoms. The van der Waals surface area contributed by atoms with Crippen LogP contribution in [0.15, 0.2) is 12.1 Å². The number of piperidine rings is 1. The van der Waals surface area contributed by atoms with E-state index in [-0.39, 0.29) is 36.8 Å². The number of hydrogen-bond donors (Lipinski definition) is 2. The van der Waals surface area contributed by atoms with Crippen molar-refractivity contribution in [2.75, 3.05) is 32.8 Å². The maximum atomic E-state index is 14.9. The van der Waals surface area contributed by atoms with Gasteiger partial charge in [-0.1, -0.05) is 12.8 Å². The van der Waals surface area contributed by atoms with Crippen LogP contribution in [-0.4, -0.2) is 63.6 Å². The van der Waals surface area contributed by atoms with E-state index < -0.39 is 21.9 Å². The van der Waals surface area contributed by atoms with E-state index in [9.17, 15) is 17.6 Å². The van der Waals surface area contributed by atoms with Crippen molar-refractivity contribution in [3.63, 3.8) is 0 Å². The molecule has 8 nitrogen and oxygen atoms in total. The number of carbonyl (C=O) groups excluding carboxylic acids is 1. The van der Waals surface area contributed by atoms with E-state index in [2.05, 4.69) is 10.0 Å². The molecular formula is C24H34FN3O5S. The monoisotopic (exact) mass is 495 g/mol. The maximum absolute atomic E-state index is 14.9. The Kier molecular flexibility index (Phi) is 7.11. The number of nitrogens with zero attached hydrogens (tertiary/aromatic N) is 1. The Morgan fingerprint density at radius 2 is 1.76 bits per heavy atom. The summed E-state index contributed by atoms with van der Waals surface area (Å²) in [6.45, 7) is 2.73. The lowest BCUT2D eigenvalue weighted by Crippen LogP contribution is -2.52. The van der Waals surface area contributed by atoms with Crippen LogP contribution in [-0.2, 0) is 14.9 Å². The number of carbonyl (C=O) groups is 1. The molecule has 2 aliphatic heterocycles. The number of amides is 1. The van der Waals surface area contributed by atoms with Gasteiger partial charge in [0, 0.05) is 32.2 Å². The van der Waals surface area contributed by atoms with Crippen LogP contribution in [0.2, 0.25) is 0 Å². The third-order valence-electron chi connectivity index (χ3n) is 7.40. The van der Waals surface area contributed by atoms with Gasteiger partial charge in [-0.25, -0.2) is 9.11 Å². The molecule has 0 bridgehead atoms. The van der Waals surface area contributed by atoms with Gasteiger partial charge in [0.15, 0.2) is 0 Å². The average Bonchev–Trinajstić information content (AvgIpc) is 3.49. The van der Waals surface area contributed by atoms with E-state index in [1.807, 2.05) is 0 Å². The second kappa shape index (κ2) is 10.1. The van der Waals surface area contributed by atoms with Crippen molar-refractivity contribution in [1.29, 1.82) is 0 Å². The van der Waals surface area contributed by atoms with Gasteiger partial charge in [0.05, 0.1) is 24.4 Å².